The predicted octanol–water partition coefficient (Wildman–Crippen LogP) is 2.26. The van der Waals surface area contributed by atoms with Crippen LogP contribution in [0.3, 0.4) is 0 Å². The van der Waals surface area contributed by atoms with Gasteiger partial charge in [-0.2, -0.15) is 0 Å². The maximum atomic E-state index is 12.9. The molecule has 1 amide bonds. The Morgan fingerprint density at radius 1 is 1.43 bits per heavy atom. The SMILES string of the molecule is Cl.N[C@@H]1CCC[C@H]1CC(=O)NCCOc1cccc(F)c1. The number of nitrogens with two attached hydrogens (primary N) is 1. The number of hydrogen-bond acceptors (Lipinski definition) is 3. The largest absolute Gasteiger partial charge is 0.492 e. The molecule has 1 aliphatic carbocycles. The van der Waals surface area contributed by atoms with Gasteiger partial charge in [0.05, 0.1) is 6.54 Å². The standard InChI is InChI=1S/C15H21FN2O2.ClH/c16-12-4-2-5-13(10-12)20-8-7-18-15(19)9-11-3-1-6-14(11)17;/h2,4-5,10-11,14H,1,3,6-9,17H2,(H,18,19);1H/t11-,14+;/m0./s1. The normalized spacial score (nSPS) is 20.7. The third-order valence-corrected chi connectivity index (χ3v) is 3.65. The summed E-state index contributed by atoms with van der Waals surface area (Å²) >= 11 is 0. The van der Waals surface area contributed by atoms with E-state index in [0.29, 0.717) is 31.2 Å². The second-order valence-electron chi connectivity index (χ2n) is 5.21. The number of rotatable bonds is 6. The van der Waals surface area contributed by atoms with Crippen molar-refractivity contribution in [3.05, 3.63) is 30.1 Å². The van der Waals surface area contributed by atoms with Crippen molar-refractivity contribution in [3.63, 3.8) is 0 Å². The Hall–Kier alpha value is -1.33. The monoisotopic (exact) mass is 316 g/mol. The van der Waals surface area contributed by atoms with Crippen LogP contribution in [0.15, 0.2) is 24.3 Å². The predicted molar refractivity (Wildman–Crippen MR) is 82.1 cm³/mol. The topological polar surface area (TPSA) is 64.4 Å². The van der Waals surface area contributed by atoms with Crippen LogP contribution in [0.4, 0.5) is 4.39 Å². The van der Waals surface area contributed by atoms with E-state index in [-0.39, 0.29) is 30.2 Å². The number of carbonyl (C=O) groups excluding carboxylic acids is 1. The van der Waals surface area contributed by atoms with Crippen LogP contribution in [0.2, 0.25) is 0 Å². The first kappa shape index (κ1) is 17.7. The summed E-state index contributed by atoms with van der Waals surface area (Å²) < 4.78 is 18.3. The molecule has 0 unspecified atom stereocenters. The highest BCUT2D eigenvalue weighted by atomic mass is 35.5. The van der Waals surface area contributed by atoms with E-state index in [1.807, 2.05) is 0 Å². The fraction of sp³-hybridized carbons (Fsp3) is 0.533. The quantitative estimate of drug-likeness (QED) is 0.791. The second-order valence-corrected chi connectivity index (χ2v) is 5.21. The van der Waals surface area contributed by atoms with E-state index in [1.54, 1.807) is 12.1 Å². The number of carbonyl (C=O) groups is 1. The summed E-state index contributed by atoms with van der Waals surface area (Å²) in [5.74, 6) is 0.452. The van der Waals surface area contributed by atoms with Crippen molar-refractivity contribution < 1.29 is 13.9 Å². The highest BCUT2D eigenvalue weighted by Gasteiger charge is 2.25. The van der Waals surface area contributed by atoms with Crippen molar-refractivity contribution in [3.8, 4) is 5.75 Å². The van der Waals surface area contributed by atoms with Gasteiger partial charge in [-0.25, -0.2) is 4.39 Å². The van der Waals surface area contributed by atoms with E-state index in [1.165, 1.54) is 12.1 Å². The van der Waals surface area contributed by atoms with E-state index < -0.39 is 0 Å². The Morgan fingerprint density at radius 2 is 2.24 bits per heavy atom. The molecule has 0 bridgehead atoms. The van der Waals surface area contributed by atoms with Gasteiger partial charge in [0.15, 0.2) is 0 Å². The van der Waals surface area contributed by atoms with Crippen molar-refractivity contribution in [1.82, 2.24) is 5.32 Å². The summed E-state index contributed by atoms with van der Waals surface area (Å²) in [4.78, 5) is 11.7. The van der Waals surface area contributed by atoms with Crippen molar-refractivity contribution in [2.75, 3.05) is 13.2 Å². The van der Waals surface area contributed by atoms with Gasteiger partial charge < -0.3 is 15.8 Å². The Bertz CT molecular complexity index is 459. The summed E-state index contributed by atoms with van der Waals surface area (Å²) in [7, 11) is 0. The van der Waals surface area contributed by atoms with Crippen LogP contribution in [0.1, 0.15) is 25.7 Å². The molecule has 6 heteroatoms. The third kappa shape index (κ3) is 5.89. The number of benzene rings is 1. The number of ether oxygens (including phenoxy) is 1. The highest BCUT2D eigenvalue weighted by molar-refractivity contribution is 5.85. The first-order valence-electron chi connectivity index (χ1n) is 7.06. The molecule has 0 spiro atoms. The van der Waals surface area contributed by atoms with E-state index >= 15 is 0 Å². The minimum atomic E-state index is -0.332. The summed E-state index contributed by atoms with van der Waals surface area (Å²) in [6.07, 6.45) is 3.65. The Kier molecular flexibility index (Phi) is 7.47. The molecular formula is C15H22ClFN2O2. The van der Waals surface area contributed by atoms with Crippen LogP contribution in [0.5, 0.6) is 5.75 Å². The van der Waals surface area contributed by atoms with Gasteiger partial charge in [0.2, 0.25) is 5.91 Å². The van der Waals surface area contributed by atoms with Gasteiger partial charge in [-0.3, -0.25) is 4.79 Å². The lowest BCUT2D eigenvalue weighted by Gasteiger charge is -2.14. The molecule has 0 heterocycles. The van der Waals surface area contributed by atoms with Gasteiger partial charge in [-0.05, 0) is 30.9 Å². The zero-order chi connectivity index (χ0) is 14.4. The van der Waals surface area contributed by atoms with Crippen molar-refractivity contribution in [2.24, 2.45) is 11.7 Å². The van der Waals surface area contributed by atoms with E-state index in [2.05, 4.69) is 5.32 Å². The molecule has 0 aromatic heterocycles. The Labute approximate surface area is 130 Å². The minimum Gasteiger partial charge on any atom is -0.492 e. The fourth-order valence-electron chi connectivity index (χ4n) is 2.55. The molecule has 4 nitrogen and oxygen atoms in total. The summed E-state index contributed by atoms with van der Waals surface area (Å²) in [6.45, 7) is 0.739. The van der Waals surface area contributed by atoms with Crippen LogP contribution in [0, 0.1) is 11.7 Å². The summed E-state index contributed by atoms with van der Waals surface area (Å²) in [6, 6.07) is 6.11. The molecule has 0 aliphatic heterocycles. The first-order chi connectivity index (χ1) is 9.65. The number of hydrogen-bond donors (Lipinski definition) is 2. The van der Waals surface area contributed by atoms with E-state index in [4.69, 9.17) is 10.5 Å². The maximum Gasteiger partial charge on any atom is 0.220 e. The third-order valence-electron chi connectivity index (χ3n) is 3.65. The number of amides is 1. The molecule has 1 aromatic rings. The van der Waals surface area contributed by atoms with Gasteiger partial charge in [0, 0.05) is 18.5 Å². The van der Waals surface area contributed by atoms with Gasteiger partial charge in [-0.1, -0.05) is 12.5 Å². The highest BCUT2D eigenvalue weighted by Crippen LogP contribution is 2.26. The molecule has 2 atom stereocenters. The lowest BCUT2D eigenvalue weighted by molar-refractivity contribution is -0.122. The molecule has 3 N–H and O–H groups in total. The van der Waals surface area contributed by atoms with Crippen molar-refractivity contribution in [1.29, 1.82) is 0 Å². The van der Waals surface area contributed by atoms with Crippen molar-refractivity contribution >= 4 is 18.3 Å². The molecule has 118 valence electrons. The lowest BCUT2D eigenvalue weighted by atomic mass is 10.00. The molecule has 0 saturated heterocycles. The molecule has 0 radical (unpaired) electrons. The molecule has 1 fully saturated rings. The van der Waals surface area contributed by atoms with Crippen molar-refractivity contribution in [2.45, 2.75) is 31.7 Å². The van der Waals surface area contributed by atoms with Crippen LogP contribution in [0.25, 0.3) is 0 Å². The summed E-state index contributed by atoms with van der Waals surface area (Å²) in [5, 5.41) is 2.80. The van der Waals surface area contributed by atoms with Crippen LogP contribution < -0.4 is 15.8 Å². The smallest absolute Gasteiger partial charge is 0.220 e. The van der Waals surface area contributed by atoms with Gasteiger partial charge in [0.1, 0.15) is 18.2 Å². The van der Waals surface area contributed by atoms with Gasteiger partial charge in [-0.15, -0.1) is 12.4 Å². The number of nitrogens with one attached hydrogen (secondary N) is 1. The zero-order valence-electron chi connectivity index (χ0n) is 11.9. The van der Waals surface area contributed by atoms with E-state index in [9.17, 15) is 9.18 Å². The molecule has 1 aliphatic rings. The fourth-order valence-corrected chi connectivity index (χ4v) is 2.55. The molecular weight excluding hydrogens is 295 g/mol. The molecule has 1 saturated carbocycles. The van der Waals surface area contributed by atoms with Crippen LogP contribution >= 0.6 is 12.4 Å². The van der Waals surface area contributed by atoms with E-state index in [0.717, 1.165) is 19.3 Å². The Balaban J connectivity index is 0.00000220. The van der Waals surface area contributed by atoms with Gasteiger partial charge >= 0.3 is 0 Å². The van der Waals surface area contributed by atoms with Crippen LogP contribution in [-0.2, 0) is 4.79 Å². The maximum absolute atomic E-state index is 12.9. The zero-order valence-corrected chi connectivity index (χ0v) is 12.7. The average molecular weight is 317 g/mol. The molecule has 1 aromatic carbocycles. The molecule has 21 heavy (non-hydrogen) atoms. The number of halogens is 2. The van der Waals surface area contributed by atoms with Gasteiger partial charge in [0.25, 0.3) is 0 Å². The lowest BCUT2D eigenvalue weighted by Crippen LogP contribution is -2.33. The summed E-state index contributed by atoms with van der Waals surface area (Å²) in [5.41, 5.74) is 5.93. The van der Waals surface area contributed by atoms with Crippen LogP contribution in [-0.4, -0.2) is 25.1 Å². The average Bonchev–Trinajstić information content (AvgIpc) is 2.80. The minimum absolute atomic E-state index is 0. The second kappa shape index (κ2) is 8.85. The Morgan fingerprint density at radius 3 is 2.90 bits per heavy atom. The molecule has 2 rings (SSSR count). The first-order valence-corrected chi connectivity index (χ1v) is 7.06.